The second-order valence-electron chi connectivity index (χ2n) is 6.86. The van der Waals surface area contributed by atoms with Gasteiger partial charge in [0.2, 0.25) is 0 Å². The number of hydrogen-bond donors (Lipinski definition) is 1. The molecule has 0 saturated carbocycles. The average Bonchev–Trinajstić information content (AvgIpc) is 2.90. The number of carbonyl (C=O) groups excluding carboxylic acids is 2. The number of amides is 1. The van der Waals surface area contributed by atoms with Crippen LogP contribution in [0.25, 0.3) is 0 Å². The Hall–Kier alpha value is -2.09. The minimum Gasteiger partial charge on any atom is -0.410 e. The summed E-state index contributed by atoms with van der Waals surface area (Å²) in [6.07, 6.45) is -2.79. The lowest BCUT2D eigenvalue weighted by Gasteiger charge is -2.33. The summed E-state index contributed by atoms with van der Waals surface area (Å²) in [5.41, 5.74) is 1.45. The molecule has 1 aromatic carbocycles. The molecule has 0 aromatic heterocycles. The van der Waals surface area contributed by atoms with E-state index < -0.39 is 12.4 Å². The fraction of sp³-hybridized carbons (Fsp3) is 0.556. The lowest BCUT2D eigenvalue weighted by molar-refractivity contribution is -0.251. The maximum absolute atomic E-state index is 12.7. The molecule has 5 nitrogen and oxygen atoms in total. The predicted molar refractivity (Wildman–Crippen MR) is 88.0 cm³/mol. The van der Waals surface area contributed by atoms with Crippen LogP contribution in [0.15, 0.2) is 18.2 Å². The average molecular weight is 370 g/mol. The maximum Gasteiger partial charge on any atom is 0.459 e. The van der Waals surface area contributed by atoms with Crippen LogP contribution in [0, 0.1) is 11.8 Å². The highest BCUT2D eigenvalue weighted by Crippen LogP contribution is 2.36. The number of rotatable bonds is 3. The number of Topliss-reactive ketones (excluding diaryl/α,β-unsaturated/α-hetero) is 1. The Labute approximate surface area is 149 Å². The van der Waals surface area contributed by atoms with Gasteiger partial charge in [-0.1, -0.05) is 6.07 Å². The van der Waals surface area contributed by atoms with Crippen LogP contribution >= 0.6 is 0 Å². The summed E-state index contributed by atoms with van der Waals surface area (Å²) in [4.78, 5) is 24.5. The van der Waals surface area contributed by atoms with Crippen molar-refractivity contribution in [2.24, 2.45) is 11.8 Å². The minimum absolute atomic E-state index is 0.00779. The number of hydrogen-bond acceptors (Lipinski definition) is 4. The second-order valence-corrected chi connectivity index (χ2v) is 6.86. The summed E-state index contributed by atoms with van der Waals surface area (Å²) < 4.78 is 43.2. The Bertz CT molecular complexity index is 697. The van der Waals surface area contributed by atoms with E-state index >= 15 is 0 Å². The van der Waals surface area contributed by atoms with Gasteiger partial charge in [-0.3, -0.25) is 4.79 Å². The molecule has 1 amide bonds. The molecule has 1 aromatic rings. The van der Waals surface area contributed by atoms with E-state index in [0.29, 0.717) is 41.9 Å². The predicted octanol–water partition coefficient (Wildman–Crippen LogP) is 3.38. The Kier molecular flexibility index (Phi) is 5.22. The van der Waals surface area contributed by atoms with Crippen LogP contribution in [0.3, 0.4) is 0 Å². The van der Waals surface area contributed by atoms with E-state index in [9.17, 15) is 22.8 Å². The van der Waals surface area contributed by atoms with E-state index in [1.165, 1.54) is 7.05 Å². The van der Waals surface area contributed by atoms with Crippen LogP contribution in [0.1, 0.15) is 35.2 Å². The molecule has 8 heteroatoms. The number of likely N-dealkylation sites (tertiary alicyclic amines) is 1. The molecule has 1 heterocycles. The topological polar surface area (TPSA) is 58.6 Å². The van der Waals surface area contributed by atoms with Crippen LogP contribution in [0.4, 0.5) is 18.0 Å². The number of benzene rings is 1. The van der Waals surface area contributed by atoms with Gasteiger partial charge in [0.25, 0.3) is 0 Å². The van der Waals surface area contributed by atoms with Gasteiger partial charge in [0, 0.05) is 31.6 Å². The first kappa shape index (κ1) is 18.7. The molecule has 1 fully saturated rings. The number of ketones is 1. The van der Waals surface area contributed by atoms with Gasteiger partial charge in [0.1, 0.15) is 5.75 Å². The van der Waals surface area contributed by atoms with Crippen molar-refractivity contribution in [1.29, 1.82) is 0 Å². The molecule has 0 spiro atoms. The first-order valence-corrected chi connectivity index (χ1v) is 8.66. The van der Waals surface area contributed by atoms with Crippen molar-refractivity contribution >= 4 is 11.9 Å². The molecule has 2 aliphatic rings. The van der Waals surface area contributed by atoms with Crippen molar-refractivity contribution in [2.75, 3.05) is 20.1 Å². The summed E-state index contributed by atoms with van der Waals surface area (Å²) >= 11 is 0. The zero-order valence-electron chi connectivity index (χ0n) is 14.4. The normalized spacial score (nSPS) is 21.5. The van der Waals surface area contributed by atoms with Crippen LogP contribution in [0.5, 0.6) is 5.75 Å². The van der Waals surface area contributed by atoms with Crippen molar-refractivity contribution in [3.8, 4) is 5.75 Å². The molecule has 1 N–H and O–H groups in total. The SMILES string of the molecule is CNC(=O)Oc1ccc2c(c1)C(=O)C(CC1CCN(C(F)(F)F)CC1)C2. The molecule has 1 unspecified atom stereocenters. The molecule has 142 valence electrons. The quantitative estimate of drug-likeness (QED) is 0.829. The summed E-state index contributed by atoms with van der Waals surface area (Å²) in [7, 11) is 1.45. The monoisotopic (exact) mass is 370 g/mol. The van der Waals surface area contributed by atoms with Gasteiger partial charge in [-0.2, -0.15) is 13.2 Å². The van der Waals surface area contributed by atoms with Gasteiger partial charge in [0.15, 0.2) is 5.78 Å². The molecule has 0 radical (unpaired) electrons. The number of fused-ring (bicyclic) bond motifs is 1. The summed E-state index contributed by atoms with van der Waals surface area (Å²) in [6, 6.07) is 4.99. The van der Waals surface area contributed by atoms with Gasteiger partial charge in [-0.15, -0.1) is 0 Å². The Balaban J connectivity index is 1.60. The van der Waals surface area contributed by atoms with E-state index in [1.807, 2.05) is 0 Å². The summed E-state index contributed by atoms with van der Waals surface area (Å²) in [6.45, 7) is -0.0156. The standard InChI is InChI=1S/C18H21F3N2O3/c1-22-17(25)26-14-3-2-12-9-13(16(24)15(12)10-14)8-11-4-6-23(7-5-11)18(19,20)21/h2-3,10-11,13H,4-9H2,1H3,(H,22,25). The minimum atomic E-state index is -4.27. The largest absolute Gasteiger partial charge is 0.459 e. The van der Waals surface area contributed by atoms with Gasteiger partial charge in [-0.05, 0) is 49.3 Å². The lowest BCUT2D eigenvalue weighted by atomic mass is 9.85. The van der Waals surface area contributed by atoms with Crippen LogP contribution in [-0.2, 0) is 6.42 Å². The van der Waals surface area contributed by atoms with Gasteiger partial charge in [0.05, 0.1) is 0 Å². The van der Waals surface area contributed by atoms with Crippen molar-refractivity contribution in [3.05, 3.63) is 29.3 Å². The van der Waals surface area contributed by atoms with Gasteiger partial charge in [-0.25, -0.2) is 9.69 Å². The Morgan fingerprint density at radius 3 is 2.62 bits per heavy atom. The van der Waals surface area contributed by atoms with E-state index in [-0.39, 0.29) is 30.7 Å². The first-order valence-electron chi connectivity index (χ1n) is 8.66. The van der Waals surface area contributed by atoms with E-state index in [1.54, 1.807) is 18.2 Å². The van der Waals surface area contributed by atoms with Crippen LogP contribution in [-0.4, -0.2) is 43.2 Å². The second kappa shape index (κ2) is 7.26. The third-order valence-electron chi connectivity index (χ3n) is 5.19. The van der Waals surface area contributed by atoms with E-state index in [0.717, 1.165) is 5.56 Å². The number of piperidine rings is 1. The fourth-order valence-corrected chi connectivity index (χ4v) is 3.78. The molecule has 0 bridgehead atoms. The highest BCUT2D eigenvalue weighted by atomic mass is 19.4. The molecule has 26 heavy (non-hydrogen) atoms. The molecular weight excluding hydrogens is 349 g/mol. The zero-order valence-corrected chi connectivity index (χ0v) is 14.4. The summed E-state index contributed by atoms with van der Waals surface area (Å²) in [5.74, 6) is 0.206. The maximum atomic E-state index is 12.7. The van der Waals surface area contributed by atoms with Crippen molar-refractivity contribution in [1.82, 2.24) is 10.2 Å². The first-order chi connectivity index (χ1) is 12.3. The molecular formula is C18H21F3N2O3. The molecule has 1 saturated heterocycles. The number of ether oxygens (including phenoxy) is 1. The number of nitrogens with one attached hydrogen (secondary N) is 1. The van der Waals surface area contributed by atoms with Crippen molar-refractivity contribution in [3.63, 3.8) is 0 Å². The number of nitrogens with zero attached hydrogens (tertiary/aromatic N) is 1. The van der Waals surface area contributed by atoms with Crippen LogP contribution < -0.4 is 10.1 Å². The number of alkyl halides is 3. The van der Waals surface area contributed by atoms with Crippen LogP contribution in [0.2, 0.25) is 0 Å². The van der Waals surface area contributed by atoms with E-state index in [2.05, 4.69) is 5.32 Å². The van der Waals surface area contributed by atoms with Gasteiger partial charge < -0.3 is 10.1 Å². The highest BCUT2D eigenvalue weighted by Gasteiger charge is 2.40. The Morgan fingerprint density at radius 1 is 1.31 bits per heavy atom. The van der Waals surface area contributed by atoms with Crippen molar-refractivity contribution < 1.29 is 27.5 Å². The molecule has 1 aliphatic carbocycles. The number of carbonyl (C=O) groups is 2. The summed E-state index contributed by atoms with van der Waals surface area (Å²) in [5, 5.41) is 2.34. The zero-order chi connectivity index (χ0) is 18.9. The Morgan fingerprint density at radius 2 is 2.00 bits per heavy atom. The highest BCUT2D eigenvalue weighted by molar-refractivity contribution is 6.02. The lowest BCUT2D eigenvalue weighted by Crippen LogP contribution is -2.43. The fourth-order valence-electron chi connectivity index (χ4n) is 3.78. The number of halogens is 3. The van der Waals surface area contributed by atoms with E-state index in [4.69, 9.17) is 4.74 Å². The third-order valence-corrected chi connectivity index (χ3v) is 5.19. The van der Waals surface area contributed by atoms with Gasteiger partial charge >= 0.3 is 12.4 Å². The molecule has 1 atom stereocenters. The smallest absolute Gasteiger partial charge is 0.410 e. The molecule has 1 aliphatic heterocycles. The van der Waals surface area contributed by atoms with Crippen molar-refractivity contribution in [2.45, 2.75) is 32.0 Å². The third kappa shape index (κ3) is 4.00. The molecule has 3 rings (SSSR count).